The second-order valence-corrected chi connectivity index (χ2v) is 7.98. The van der Waals surface area contributed by atoms with Crippen molar-refractivity contribution in [2.75, 3.05) is 18.0 Å². The highest BCUT2D eigenvalue weighted by atomic mass is 32.2. The van der Waals surface area contributed by atoms with Crippen molar-refractivity contribution in [1.82, 2.24) is 4.72 Å². The van der Waals surface area contributed by atoms with E-state index in [1.165, 1.54) is 0 Å². The molecule has 1 saturated heterocycles. The van der Waals surface area contributed by atoms with Crippen LogP contribution >= 0.6 is 0 Å². The summed E-state index contributed by atoms with van der Waals surface area (Å²) in [5.74, 6) is -1.95. The lowest BCUT2D eigenvalue weighted by Gasteiger charge is -2.27. The van der Waals surface area contributed by atoms with E-state index in [0.29, 0.717) is 0 Å². The molecule has 1 N–H and O–H groups in total. The zero-order chi connectivity index (χ0) is 17.9. The minimum atomic E-state index is -3.75. The predicted molar refractivity (Wildman–Crippen MR) is 93.8 cm³/mol. The van der Waals surface area contributed by atoms with Gasteiger partial charge in [-0.05, 0) is 43.2 Å². The Morgan fingerprint density at radius 3 is 2.64 bits per heavy atom. The molecule has 0 unspecified atom stereocenters. The van der Waals surface area contributed by atoms with Crippen LogP contribution in [0.4, 0.5) is 14.5 Å². The molecule has 0 saturated carbocycles. The number of anilines is 1. The molecule has 3 rings (SSSR count). The first kappa shape index (κ1) is 17.8. The Hall–Kier alpha value is -1.99. The lowest BCUT2D eigenvalue weighted by atomic mass is 10.2. The number of hydrogen-bond donors (Lipinski definition) is 1. The molecule has 0 aromatic heterocycles. The molecule has 1 aliphatic rings. The first-order valence-corrected chi connectivity index (χ1v) is 9.83. The fraction of sp³-hybridized carbons (Fsp3) is 0.333. The lowest BCUT2D eigenvalue weighted by molar-refractivity contribution is 0.559. The van der Waals surface area contributed by atoms with Gasteiger partial charge in [0.1, 0.15) is 11.6 Å². The van der Waals surface area contributed by atoms with E-state index >= 15 is 0 Å². The highest BCUT2D eigenvalue weighted by Crippen LogP contribution is 2.25. The average Bonchev–Trinajstić information content (AvgIpc) is 3.06. The van der Waals surface area contributed by atoms with Gasteiger partial charge in [0.2, 0.25) is 10.0 Å². The molecule has 2 aromatic carbocycles. The average molecular weight is 366 g/mol. The van der Waals surface area contributed by atoms with Gasteiger partial charge in [0.15, 0.2) is 0 Å². The minimum Gasteiger partial charge on any atom is -0.367 e. The van der Waals surface area contributed by atoms with Gasteiger partial charge in [-0.2, -0.15) is 0 Å². The summed E-state index contributed by atoms with van der Waals surface area (Å²) in [5, 5.41) is 0. The van der Waals surface area contributed by atoms with Crippen LogP contribution in [-0.2, 0) is 15.8 Å². The van der Waals surface area contributed by atoms with E-state index in [2.05, 4.69) is 9.62 Å². The molecule has 4 nitrogen and oxygen atoms in total. The Labute approximate surface area is 146 Å². The monoisotopic (exact) mass is 366 g/mol. The van der Waals surface area contributed by atoms with Crippen molar-refractivity contribution in [3.63, 3.8) is 0 Å². The van der Waals surface area contributed by atoms with Gasteiger partial charge in [0, 0.05) is 30.4 Å². The summed E-state index contributed by atoms with van der Waals surface area (Å²) < 4.78 is 53.9. The van der Waals surface area contributed by atoms with E-state index in [1.807, 2.05) is 30.3 Å². The maximum Gasteiger partial charge on any atom is 0.215 e. The third-order valence-electron chi connectivity index (χ3n) is 4.36. The Balaban J connectivity index is 1.64. The number of para-hydroxylation sites is 1. The van der Waals surface area contributed by atoms with Crippen molar-refractivity contribution < 1.29 is 17.2 Å². The molecule has 0 aliphatic carbocycles. The molecular weight excluding hydrogens is 346 g/mol. The van der Waals surface area contributed by atoms with Crippen LogP contribution < -0.4 is 9.62 Å². The molecule has 2 aromatic rings. The highest BCUT2D eigenvalue weighted by Gasteiger charge is 2.26. The molecule has 134 valence electrons. The van der Waals surface area contributed by atoms with Crippen molar-refractivity contribution in [3.05, 3.63) is 65.7 Å². The maximum absolute atomic E-state index is 13.7. The molecule has 1 fully saturated rings. The molecule has 1 heterocycles. The Bertz CT molecular complexity index is 828. The van der Waals surface area contributed by atoms with Gasteiger partial charge in [-0.1, -0.05) is 18.2 Å². The largest absolute Gasteiger partial charge is 0.367 e. The molecule has 0 spiro atoms. The van der Waals surface area contributed by atoms with Gasteiger partial charge in [-0.15, -0.1) is 0 Å². The van der Waals surface area contributed by atoms with E-state index in [1.54, 1.807) is 0 Å². The van der Waals surface area contributed by atoms with Gasteiger partial charge < -0.3 is 4.90 Å². The summed E-state index contributed by atoms with van der Waals surface area (Å²) in [7, 11) is -3.75. The van der Waals surface area contributed by atoms with Crippen LogP contribution in [0.2, 0.25) is 0 Å². The molecular formula is C18H20F2N2O2S. The standard InChI is InChI=1S/C18H20F2N2O2S/c19-15-8-9-18(20)14(11-15)13-25(23,24)21-12-17-7-4-10-22(17)16-5-2-1-3-6-16/h1-3,5-6,8-9,11,17,21H,4,7,10,12-13H2/t17-/m0/s1. The predicted octanol–water partition coefficient (Wildman–Crippen LogP) is 3.05. The number of nitrogens with zero attached hydrogens (tertiary/aromatic N) is 1. The smallest absolute Gasteiger partial charge is 0.215 e. The SMILES string of the molecule is O=S(=O)(Cc1cc(F)ccc1F)NC[C@@H]1CCCN1c1ccccc1. The zero-order valence-corrected chi connectivity index (χ0v) is 14.5. The van der Waals surface area contributed by atoms with E-state index in [9.17, 15) is 17.2 Å². The molecule has 0 amide bonds. The Morgan fingerprint density at radius 1 is 1.12 bits per heavy atom. The molecule has 7 heteroatoms. The third-order valence-corrected chi connectivity index (χ3v) is 5.65. The van der Waals surface area contributed by atoms with Crippen LogP contribution in [0.3, 0.4) is 0 Å². The fourth-order valence-electron chi connectivity index (χ4n) is 3.14. The second kappa shape index (κ2) is 7.49. The first-order chi connectivity index (χ1) is 11.9. The number of rotatable bonds is 6. The summed E-state index contributed by atoms with van der Waals surface area (Å²) in [4.78, 5) is 2.17. The van der Waals surface area contributed by atoms with Crippen LogP contribution in [0.5, 0.6) is 0 Å². The highest BCUT2D eigenvalue weighted by molar-refractivity contribution is 7.88. The van der Waals surface area contributed by atoms with Crippen LogP contribution in [0.15, 0.2) is 48.5 Å². The van der Waals surface area contributed by atoms with Gasteiger partial charge in [-0.25, -0.2) is 21.9 Å². The van der Waals surface area contributed by atoms with Crippen LogP contribution in [0.25, 0.3) is 0 Å². The third kappa shape index (κ3) is 4.55. The van der Waals surface area contributed by atoms with Crippen LogP contribution in [-0.4, -0.2) is 27.5 Å². The molecule has 0 bridgehead atoms. The van der Waals surface area contributed by atoms with E-state index in [4.69, 9.17) is 0 Å². The van der Waals surface area contributed by atoms with Crippen molar-refractivity contribution in [2.45, 2.75) is 24.6 Å². The zero-order valence-electron chi connectivity index (χ0n) is 13.7. The van der Waals surface area contributed by atoms with E-state index in [-0.39, 0.29) is 18.2 Å². The van der Waals surface area contributed by atoms with E-state index in [0.717, 1.165) is 43.3 Å². The lowest BCUT2D eigenvalue weighted by Crippen LogP contribution is -2.40. The minimum absolute atomic E-state index is 0.0505. The van der Waals surface area contributed by atoms with Gasteiger partial charge in [0.05, 0.1) is 5.75 Å². The van der Waals surface area contributed by atoms with Crippen LogP contribution in [0, 0.1) is 11.6 Å². The van der Waals surface area contributed by atoms with Gasteiger partial charge in [-0.3, -0.25) is 0 Å². The number of benzene rings is 2. The molecule has 25 heavy (non-hydrogen) atoms. The van der Waals surface area contributed by atoms with Gasteiger partial charge in [0.25, 0.3) is 0 Å². The summed E-state index contributed by atoms with van der Waals surface area (Å²) in [6, 6.07) is 12.7. The fourth-order valence-corrected chi connectivity index (χ4v) is 4.32. The number of halogens is 2. The molecule has 1 atom stereocenters. The number of nitrogens with one attached hydrogen (secondary N) is 1. The Kier molecular flexibility index (Phi) is 5.34. The van der Waals surface area contributed by atoms with Crippen LogP contribution in [0.1, 0.15) is 18.4 Å². The quantitative estimate of drug-likeness (QED) is 0.855. The molecule has 1 aliphatic heterocycles. The van der Waals surface area contributed by atoms with Crippen molar-refractivity contribution >= 4 is 15.7 Å². The summed E-state index contributed by atoms with van der Waals surface area (Å²) in [6.07, 6.45) is 1.87. The van der Waals surface area contributed by atoms with Gasteiger partial charge >= 0.3 is 0 Å². The summed E-state index contributed by atoms with van der Waals surface area (Å²) in [5.41, 5.74) is 0.888. The number of sulfonamides is 1. The number of hydrogen-bond acceptors (Lipinski definition) is 3. The summed E-state index contributed by atoms with van der Waals surface area (Å²) >= 11 is 0. The molecule has 0 radical (unpaired) electrons. The van der Waals surface area contributed by atoms with Crippen molar-refractivity contribution in [2.24, 2.45) is 0 Å². The second-order valence-electron chi connectivity index (χ2n) is 6.17. The first-order valence-electron chi connectivity index (χ1n) is 8.17. The normalized spacial score (nSPS) is 17.8. The van der Waals surface area contributed by atoms with E-state index < -0.39 is 27.4 Å². The van der Waals surface area contributed by atoms with Crippen molar-refractivity contribution in [3.8, 4) is 0 Å². The summed E-state index contributed by atoms with van der Waals surface area (Å²) in [6.45, 7) is 1.11. The topological polar surface area (TPSA) is 49.4 Å². The van der Waals surface area contributed by atoms with Crippen molar-refractivity contribution in [1.29, 1.82) is 0 Å². The Morgan fingerprint density at radius 2 is 1.88 bits per heavy atom. The maximum atomic E-state index is 13.7.